The Labute approximate surface area is 121 Å². The number of amides is 1. The van der Waals surface area contributed by atoms with E-state index in [1.807, 2.05) is 12.1 Å². The van der Waals surface area contributed by atoms with E-state index < -0.39 is 5.91 Å². The maximum absolute atomic E-state index is 11.9. The zero-order valence-electron chi connectivity index (χ0n) is 13.0. The fourth-order valence-electron chi connectivity index (χ4n) is 2.21. The topological polar surface area (TPSA) is 81.5 Å². The second-order valence-electron chi connectivity index (χ2n) is 6.56. The van der Waals surface area contributed by atoms with Crippen molar-refractivity contribution in [3.05, 3.63) is 34.9 Å². The Morgan fingerprint density at radius 1 is 1.25 bits per heavy atom. The molecule has 0 aliphatic heterocycles. The number of benzene rings is 1. The van der Waals surface area contributed by atoms with Crippen molar-refractivity contribution in [2.45, 2.75) is 46.5 Å². The number of carbonyl (C=O) groups excluding carboxylic acids is 1. The molecule has 4 nitrogen and oxygen atoms in total. The Morgan fingerprint density at radius 3 is 2.30 bits per heavy atom. The molecule has 1 rings (SSSR count). The molecule has 0 heterocycles. The average molecular weight is 275 g/mol. The van der Waals surface area contributed by atoms with Gasteiger partial charge in [0, 0.05) is 5.56 Å². The summed E-state index contributed by atoms with van der Waals surface area (Å²) in [6, 6.07) is 5.71. The highest BCUT2D eigenvalue weighted by Gasteiger charge is 2.20. The molecule has 110 valence electrons. The van der Waals surface area contributed by atoms with Gasteiger partial charge in [-0.1, -0.05) is 40.7 Å². The summed E-state index contributed by atoms with van der Waals surface area (Å²) in [7, 11) is 0. The summed E-state index contributed by atoms with van der Waals surface area (Å²) in [5.74, 6) is -0.0412. The van der Waals surface area contributed by atoms with E-state index in [1.165, 1.54) is 11.1 Å². The summed E-state index contributed by atoms with van der Waals surface area (Å²) in [6.07, 6.45) is 0.989. The largest absolute Gasteiger partial charge is 0.370 e. The molecular weight excluding hydrogens is 250 g/mol. The lowest BCUT2D eigenvalue weighted by molar-refractivity contribution is 0.100. The average Bonchev–Trinajstić information content (AvgIpc) is 2.26. The number of rotatable bonds is 3. The first-order valence-corrected chi connectivity index (χ1v) is 6.88. The van der Waals surface area contributed by atoms with E-state index in [4.69, 9.17) is 11.5 Å². The van der Waals surface area contributed by atoms with Gasteiger partial charge in [-0.05, 0) is 41.0 Å². The lowest BCUT2D eigenvalue weighted by Gasteiger charge is -2.24. The molecular formula is C16H25N3O. The SMILES string of the molecule is CC(C)Cc1ccc(C(=O)N=C(N)N)cc1C(C)(C)C. The number of hydrogen-bond donors (Lipinski definition) is 2. The molecule has 0 radical (unpaired) electrons. The summed E-state index contributed by atoms with van der Waals surface area (Å²) in [5.41, 5.74) is 13.5. The van der Waals surface area contributed by atoms with E-state index in [0.29, 0.717) is 11.5 Å². The van der Waals surface area contributed by atoms with E-state index in [-0.39, 0.29) is 11.4 Å². The summed E-state index contributed by atoms with van der Waals surface area (Å²) >= 11 is 0. The van der Waals surface area contributed by atoms with Gasteiger partial charge >= 0.3 is 0 Å². The lowest BCUT2D eigenvalue weighted by atomic mass is 9.81. The molecule has 1 amide bonds. The van der Waals surface area contributed by atoms with Crippen molar-refractivity contribution in [2.24, 2.45) is 22.4 Å². The number of aliphatic imine (C=N–C) groups is 1. The first-order chi connectivity index (χ1) is 9.11. The summed E-state index contributed by atoms with van der Waals surface area (Å²) in [6.45, 7) is 10.8. The molecule has 0 saturated carbocycles. The predicted molar refractivity (Wildman–Crippen MR) is 83.8 cm³/mol. The predicted octanol–water partition coefficient (Wildman–Crippen LogP) is 2.60. The maximum atomic E-state index is 11.9. The van der Waals surface area contributed by atoms with Crippen LogP contribution in [0.25, 0.3) is 0 Å². The minimum atomic E-state index is -0.397. The minimum absolute atomic E-state index is 0.0293. The van der Waals surface area contributed by atoms with Crippen LogP contribution in [0, 0.1) is 5.92 Å². The highest BCUT2D eigenvalue weighted by atomic mass is 16.1. The second kappa shape index (κ2) is 6.07. The molecule has 1 aromatic rings. The van der Waals surface area contributed by atoms with Gasteiger partial charge in [0.25, 0.3) is 5.91 Å². The third-order valence-electron chi connectivity index (χ3n) is 3.02. The standard InChI is InChI=1S/C16H25N3O/c1-10(2)8-11-6-7-12(14(20)19-15(17)18)9-13(11)16(3,4)5/h6-7,9-10H,8H2,1-5H3,(H4,17,18,19,20). The van der Waals surface area contributed by atoms with Gasteiger partial charge in [-0.15, -0.1) is 0 Å². The lowest BCUT2D eigenvalue weighted by Crippen LogP contribution is -2.24. The summed E-state index contributed by atoms with van der Waals surface area (Å²) in [5, 5.41) is 0. The van der Waals surface area contributed by atoms with Gasteiger partial charge in [-0.2, -0.15) is 4.99 Å². The van der Waals surface area contributed by atoms with Gasteiger partial charge in [0.15, 0.2) is 5.96 Å². The molecule has 0 fully saturated rings. The molecule has 0 saturated heterocycles. The van der Waals surface area contributed by atoms with Gasteiger partial charge < -0.3 is 11.5 Å². The van der Waals surface area contributed by atoms with Crippen LogP contribution in [0.3, 0.4) is 0 Å². The molecule has 0 atom stereocenters. The molecule has 0 aliphatic rings. The number of nitrogens with zero attached hydrogens (tertiary/aromatic N) is 1. The zero-order chi connectivity index (χ0) is 15.5. The van der Waals surface area contributed by atoms with E-state index >= 15 is 0 Å². The van der Waals surface area contributed by atoms with Crippen LogP contribution in [0.15, 0.2) is 23.2 Å². The van der Waals surface area contributed by atoms with Crippen LogP contribution < -0.4 is 11.5 Å². The van der Waals surface area contributed by atoms with Crippen molar-refractivity contribution in [1.82, 2.24) is 0 Å². The molecule has 1 aromatic carbocycles. The van der Waals surface area contributed by atoms with Gasteiger partial charge in [0.05, 0.1) is 0 Å². The molecule has 4 heteroatoms. The van der Waals surface area contributed by atoms with E-state index in [9.17, 15) is 4.79 Å². The first-order valence-electron chi connectivity index (χ1n) is 6.88. The molecule has 20 heavy (non-hydrogen) atoms. The van der Waals surface area contributed by atoms with E-state index in [0.717, 1.165) is 6.42 Å². The van der Waals surface area contributed by atoms with Crippen LogP contribution in [-0.4, -0.2) is 11.9 Å². The number of nitrogens with two attached hydrogens (primary N) is 2. The van der Waals surface area contributed by atoms with E-state index in [2.05, 4.69) is 39.6 Å². The Bertz CT molecular complexity index is 521. The Hall–Kier alpha value is -1.84. The van der Waals surface area contributed by atoms with Crippen LogP contribution in [0.2, 0.25) is 0 Å². The van der Waals surface area contributed by atoms with Crippen LogP contribution in [-0.2, 0) is 11.8 Å². The highest BCUT2D eigenvalue weighted by molar-refractivity contribution is 6.02. The number of carbonyl (C=O) groups is 1. The maximum Gasteiger partial charge on any atom is 0.280 e. The minimum Gasteiger partial charge on any atom is -0.370 e. The molecule has 0 bridgehead atoms. The Balaban J connectivity index is 3.28. The fourth-order valence-corrected chi connectivity index (χ4v) is 2.21. The van der Waals surface area contributed by atoms with Crippen molar-refractivity contribution < 1.29 is 4.79 Å². The van der Waals surface area contributed by atoms with Crippen molar-refractivity contribution in [3.63, 3.8) is 0 Å². The molecule has 0 spiro atoms. The number of guanidine groups is 1. The van der Waals surface area contributed by atoms with Crippen LogP contribution >= 0.6 is 0 Å². The normalized spacial score (nSPS) is 11.5. The third kappa shape index (κ3) is 4.37. The molecule has 0 unspecified atom stereocenters. The van der Waals surface area contributed by atoms with Crippen LogP contribution in [0.1, 0.15) is 56.1 Å². The molecule has 0 aliphatic carbocycles. The first kappa shape index (κ1) is 16.2. The zero-order valence-corrected chi connectivity index (χ0v) is 13.0. The van der Waals surface area contributed by atoms with Crippen LogP contribution in [0.5, 0.6) is 0 Å². The summed E-state index contributed by atoms with van der Waals surface area (Å²) in [4.78, 5) is 15.5. The van der Waals surface area contributed by atoms with Gasteiger partial charge in [0.1, 0.15) is 0 Å². The van der Waals surface area contributed by atoms with Gasteiger partial charge in [-0.3, -0.25) is 4.79 Å². The summed E-state index contributed by atoms with van der Waals surface area (Å²) < 4.78 is 0. The van der Waals surface area contributed by atoms with Crippen molar-refractivity contribution in [3.8, 4) is 0 Å². The van der Waals surface area contributed by atoms with Gasteiger partial charge in [-0.25, -0.2) is 0 Å². The smallest absolute Gasteiger partial charge is 0.280 e. The Morgan fingerprint density at radius 2 is 1.85 bits per heavy atom. The molecule has 4 N–H and O–H groups in total. The van der Waals surface area contributed by atoms with E-state index in [1.54, 1.807) is 6.07 Å². The highest BCUT2D eigenvalue weighted by Crippen LogP contribution is 2.28. The van der Waals surface area contributed by atoms with Crippen molar-refractivity contribution >= 4 is 11.9 Å². The number of hydrogen-bond acceptors (Lipinski definition) is 1. The van der Waals surface area contributed by atoms with Gasteiger partial charge in [0.2, 0.25) is 0 Å². The second-order valence-corrected chi connectivity index (χ2v) is 6.56. The van der Waals surface area contributed by atoms with Crippen LogP contribution in [0.4, 0.5) is 0 Å². The third-order valence-corrected chi connectivity index (χ3v) is 3.02. The molecule has 0 aromatic heterocycles. The van der Waals surface area contributed by atoms with Crippen molar-refractivity contribution in [2.75, 3.05) is 0 Å². The van der Waals surface area contributed by atoms with Crippen molar-refractivity contribution in [1.29, 1.82) is 0 Å². The monoisotopic (exact) mass is 275 g/mol. The Kier molecular flexibility index (Phi) is 4.93. The fraction of sp³-hybridized carbons (Fsp3) is 0.500. The quantitative estimate of drug-likeness (QED) is 0.657.